The van der Waals surface area contributed by atoms with Gasteiger partial charge in [-0.25, -0.2) is 8.78 Å². The molecule has 0 aliphatic rings. The summed E-state index contributed by atoms with van der Waals surface area (Å²) in [6.07, 6.45) is 5.46. The lowest BCUT2D eigenvalue weighted by molar-refractivity contribution is 0.476. The van der Waals surface area contributed by atoms with Gasteiger partial charge < -0.3 is 5.11 Å². The van der Waals surface area contributed by atoms with Crippen molar-refractivity contribution in [2.45, 2.75) is 39.0 Å². The van der Waals surface area contributed by atoms with Crippen molar-refractivity contribution in [3.63, 3.8) is 0 Å². The fourth-order valence-corrected chi connectivity index (χ4v) is 3.16. The van der Waals surface area contributed by atoms with Gasteiger partial charge in [0.05, 0.1) is 0 Å². The molecule has 1 nitrogen and oxygen atoms in total. The highest BCUT2D eigenvalue weighted by atomic mass is 19.1. The summed E-state index contributed by atoms with van der Waals surface area (Å²) < 4.78 is 28.9. The van der Waals surface area contributed by atoms with E-state index in [-0.39, 0.29) is 11.6 Å². The maximum Gasteiger partial charge on any atom is 0.131 e. The van der Waals surface area contributed by atoms with Gasteiger partial charge in [-0.15, -0.1) is 0 Å². The number of phenols is 1. The van der Waals surface area contributed by atoms with Gasteiger partial charge in [0.1, 0.15) is 17.4 Å². The summed E-state index contributed by atoms with van der Waals surface area (Å²) in [6.45, 7) is 2.17. The Balaban J connectivity index is 1.88. The van der Waals surface area contributed by atoms with Crippen molar-refractivity contribution in [3.05, 3.63) is 65.7 Å². The molecule has 0 unspecified atom stereocenters. The van der Waals surface area contributed by atoms with Crippen LogP contribution >= 0.6 is 0 Å². The van der Waals surface area contributed by atoms with Gasteiger partial charge in [0.2, 0.25) is 0 Å². The van der Waals surface area contributed by atoms with Crippen LogP contribution in [0, 0.1) is 11.6 Å². The van der Waals surface area contributed by atoms with Gasteiger partial charge in [-0.1, -0.05) is 44.4 Å². The molecule has 0 fully saturated rings. The fourth-order valence-electron chi connectivity index (χ4n) is 3.16. The summed E-state index contributed by atoms with van der Waals surface area (Å²) >= 11 is 0. The van der Waals surface area contributed by atoms with E-state index >= 15 is 0 Å². The minimum Gasteiger partial charge on any atom is -0.508 e. The molecule has 0 aromatic heterocycles. The van der Waals surface area contributed by atoms with Gasteiger partial charge in [0, 0.05) is 10.9 Å². The zero-order chi connectivity index (χ0) is 17.8. The molecule has 0 atom stereocenters. The highest BCUT2D eigenvalue weighted by Gasteiger charge is 2.11. The first-order valence-electron chi connectivity index (χ1n) is 8.79. The van der Waals surface area contributed by atoms with Crippen LogP contribution in [-0.4, -0.2) is 5.11 Å². The number of phenolic OH excluding ortho intramolecular Hbond substituents is 1. The first-order chi connectivity index (χ1) is 12.1. The predicted molar refractivity (Wildman–Crippen MR) is 98.8 cm³/mol. The Labute approximate surface area is 146 Å². The smallest absolute Gasteiger partial charge is 0.131 e. The van der Waals surface area contributed by atoms with Gasteiger partial charge in [-0.2, -0.15) is 0 Å². The van der Waals surface area contributed by atoms with Crippen molar-refractivity contribution in [2.75, 3.05) is 0 Å². The quantitative estimate of drug-likeness (QED) is 0.500. The molecule has 0 aliphatic carbocycles. The van der Waals surface area contributed by atoms with Crippen LogP contribution in [-0.2, 0) is 6.42 Å². The van der Waals surface area contributed by atoms with Crippen LogP contribution in [0.4, 0.5) is 8.78 Å². The molecule has 3 heteroatoms. The largest absolute Gasteiger partial charge is 0.508 e. The molecular weight excluding hydrogens is 318 g/mol. The van der Waals surface area contributed by atoms with Gasteiger partial charge >= 0.3 is 0 Å². The summed E-state index contributed by atoms with van der Waals surface area (Å²) in [5.41, 5.74) is 1.88. The van der Waals surface area contributed by atoms with Gasteiger partial charge in [0.15, 0.2) is 0 Å². The minimum atomic E-state index is -0.466. The minimum absolute atomic E-state index is 0.0118. The summed E-state index contributed by atoms with van der Waals surface area (Å²) in [4.78, 5) is 0. The van der Waals surface area contributed by atoms with Gasteiger partial charge in [-0.3, -0.25) is 0 Å². The number of hydrogen-bond acceptors (Lipinski definition) is 1. The molecule has 0 saturated heterocycles. The molecule has 0 saturated carbocycles. The Morgan fingerprint density at radius 2 is 1.68 bits per heavy atom. The van der Waals surface area contributed by atoms with E-state index in [4.69, 9.17) is 0 Å². The van der Waals surface area contributed by atoms with E-state index in [1.807, 2.05) is 6.07 Å². The average Bonchev–Trinajstić information content (AvgIpc) is 2.59. The normalized spacial score (nSPS) is 11.2. The maximum absolute atomic E-state index is 14.5. The van der Waals surface area contributed by atoms with Crippen molar-refractivity contribution < 1.29 is 13.9 Å². The highest BCUT2D eigenvalue weighted by Crippen LogP contribution is 2.31. The molecule has 1 N–H and O–H groups in total. The summed E-state index contributed by atoms with van der Waals surface area (Å²) in [6, 6.07) is 12.8. The van der Waals surface area contributed by atoms with E-state index in [0.29, 0.717) is 21.9 Å². The molecule has 0 amide bonds. The number of aromatic hydroxyl groups is 1. The number of fused-ring (bicyclic) bond motifs is 1. The predicted octanol–water partition coefficient (Wildman–Crippen LogP) is 6.61. The molecule has 0 bridgehead atoms. The molecule has 3 aromatic carbocycles. The summed E-state index contributed by atoms with van der Waals surface area (Å²) in [5.74, 6) is -0.783. The van der Waals surface area contributed by atoms with Crippen LogP contribution in [0.3, 0.4) is 0 Å². The van der Waals surface area contributed by atoms with Crippen molar-refractivity contribution >= 4 is 10.8 Å². The average molecular weight is 340 g/mol. The first-order valence-corrected chi connectivity index (χ1v) is 8.79. The van der Waals surface area contributed by atoms with Crippen molar-refractivity contribution in [1.82, 2.24) is 0 Å². The number of aryl methyl sites for hydroxylation is 1. The standard InChI is InChI=1S/C22H22F2O/c1-2-3-4-5-6-15-7-10-19(21(23)11-15)17-12-16-8-9-18(25)14-20(16)22(24)13-17/h7-14,25H,2-6H2,1H3. The third kappa shape index (κ3) is 3.98. The Morgan fingerprint density at radius 3 is 2.44 bits per heavy atom. The molecule has 3 rings (SSSR count). The lowest BCUT2D eigenvalue weighted by atomic mass is 9.98. The second-order valence-electron chi connectivity index (χ2n) is 6.49. The zero-order valence-electron chi connectivity index (χ0n) is 14.4. The van der Waals surface area contributed by atoms with E-state index in [9.17, 15) is 13.9 Å². The number of rotatable bonds is 6. The number of unbranched alkanes of at least 4 members (excludes halogenated alkanes) is 3. The summed E-state index contributed by atoms with van der Waals surface area (Å²) in [5, 5.41) is 10.5. The first kappa shape index (κ1) is 17.4. The number of hydrogen-bond donors (Lipinski definition) is 1. The Kier molecular flexibility index (Phi) is 5.32. The number of benzene rings is 3. The van der Waals surface area contributed by atoms with Crippen LogP contribution in [0.15, 0.2) is 48.5 Å². The van der Waals surface area contributed by atoms with Crippen LogP contribution in [0.25, 0.3) is 21.9 Å². The Hall–Kier alpha value is -2.42. The number of halogens is 2. The van der Waals surface area contributed by atoms with Gasteiger partial charge in [-0.05, 0) is 59.7 Å². The molecular formula is C22H22F2O. The van der Waals surface area contributed by atoms with E-state index in [2.05, 4.69) is 6.92 Å². The molecule has 0 heterocycles. The molecule has 0 radical (unpaired) electrons. The molecule has 130 valence electrons. The monoisotopic (exact) mass is 340 g/mol. The van der Waals surface area contributed by atoms with Crippen molar-refractivity contribution in [1.29, 1.82) is 0 Å². The van der Waals surface area contributed by atoms with Crippen LogP contribution in [0.1, 0.15) is 38.2 Å². The van der Waals surface area contributed by atoms with E-state index < -0.39 is 5.82 Å². The van der Waals surface area contributed by atoms with Crippen molar-refractivity contribution in [2.24, 2.45) is 0 Å². The van der Waals surface area contributed by atoms with E-state index in [0.717, 1.165) is 24.8 Å². The third-order valence-electron chi connectivity index (χ3n) is 4.55. The Morgan fingerprint density at radius 1 is 0.840 bits per heavy atom. The van der Waals surface area contributed by atoms with Crippen molar-refractivity contribution in [3.8, 4) is 16.9 Å². The maximum atomic E-state index is 14.5. The van der Waals surface area contributed by atoms with E-state index in [1.54, 1.807) is 24.3 Å². The second kappa shape index (κ2) is 7.64. The topological polar surface area (TPSA) is 20.2 Å². The van der Waals surface area contributed by atoms with Crippen LogP contribution in [0.2, 0.25) is 0 Å². The van der Waals surface area contributed by atoms with Crippen LogP contribution < -0.4 is 0 Å². The fraction of sp³-hybridized carbons (Fsp3) is 0.273. The molecule has 25 heavy (non-hydrogen) atoms. The lowest BCUT2D eigenvalue weighted by Crippen LogP contribution is -1.92. The second-order valence-corrected chi connectivity index (χ2v) is 6.49. The molecule has 0 aliphatic heterocycles. The lowest BCUT2D eigenvalue weighted by Gasteiger charge is -2.09. The SMILES string of the molecule is CCCCCCc1ccc(-c2cc(F)c3cc(O)ccc3c2)c(F)c1. The summed E-state index contributed by atoms with van der Waals surface area (Å²) in [7, 11) is 0. The van der Waals surface area contributed by atoms with Gasteiger partial charge in [0.25, 0.3) is 0 Å². The highest BCUT2D eigenvalue weighted by molar-refractivity contribution is 5.89. The van der Waals surface area contributed by atoms with Crippen LogP contribution in [0.5, 0.6) is 5.75 Å². The molecule has 3 aromatic rings. The zero-order valence-corrected chi connectivity index (χ0v) is 14.4. The third-order valence-corrected chi connectivity index (χ3v) is 4.55. The van der Waals surface area contributed by atoms with E-state index in [1.165, 1.54) is 31.0 Å². The Bertz CT molecular complexity index is 887. The molecule has 0 spiro atoms.